The van der Waals surface area contributed by atoms with Crippen molar-refractivity contribution in [3.8, 4) is 0 Å². The summed E-state index contributed by atoms with van der Waals surface area (Å²) in [5.74, 6) is 0.246. The minimum atomic E-state index is -1.46. The van der Waals surface area contributed by atoms with Crippen LogP contribution in [0.2, 0.25) is 13.1 Å². The summed E-state index contributed by atoms with van der Waals surface area (Å²) in [6, 6.07) is 0. The normalized spacial score (nSPS) is 25.3. The van der Waals surface area contributed by atoms with Gasteiger partial charge in [0.1, 0.15) is 13.3 Å². The lowest BCUT2D eigenvalue weighted by atomic mass is 9.79. The van der Waals surface area contributed by atoms with Gasteiger partial charge in [-0.3, -0.25) is 4.90 Å². The van der Waals surface area contributed by atoms with Crippen LogP contribution < -0.4 is 0 Å². The average molecular weight is 344 g/mol. The second-order valence-corrected chi connectivity index (χ2v) is 9.64. The second-order valence-electron chi connectivity index (χ2n) is 7.31. The number of alkyl halides is 1. The lowest BCUT2D eigenvalue weighted by molar-refractivity contribution is -0.0133. The predicted octanol–water partition coefficient (Wildman–Crippen LogP) is 3.90. The van der Waals surface area contributed by atoms with E-state index >= 15 is 0 Å². The highest BCUT2D eigenvalue weighted by atomic mass is 28.3. The van der Waals surface area contributed by atoms with Crippen LogP contribution >= 0.6 is 0 Å². The zero-order valence-corrected chi connectivity index (χ0v) is 16.1. The van der Waals surface area contributed by atoms with Gasteiger partial charge in [0.05, 0.1) is 0 Å². The minimum Gasteiger partial charge on any atom is -0.445 e. The summed E-state index contributed by atoms with van der Waals surface area (Å²) in [6.07, 6.45) is 4.87. The number of rotatable bonds is 6. The molecule has 0 aromatic heterocycles. The zero-order valence-electron chi connectivity index (χ0n) is 15.0. The van der Waals surface area contributed by atoms with Crippen LogP contribution in [0.4, 0.5) is 9.18 Å². The fourth-order valence-corrected chi connectivity index (χ4v) is 3.98. The minimum absolute atomic E-state index is 0.0180. The molecule has 0 radical (unpaired) electrons. The molecule has 0 bridgehead atoms. The van der Waals surface area contributed by atoms with Crippen molar-refractivity contribution >= 4 is 15.1 Å². The quantitative estimate of drug-likeness (QED) is 0.542. The molecule has 0 aromatic carbocycles. The molecule has 1 saturated heterocycles. The van der Waals surface area contributed by atoms with Crippen LogP contribution in [0.3, 0.4) is 0 Å². The van der Waals surface area contributed by atoms with Gasteiger partial charge in [-0.05, 0) is 30.5 Å². The summed E-state index contributed by atoms with van der Waals surface area (Å²) in [6.45, 7) is 14.2. The third-order valence-corrected chi connectivity index (χ3v) is 4.96. The Kier molecular flexibility index (Phi) is 7.01. The molecular weight excluding hydrogens is 313 g/mol. The molecule has 1 fully saturated rings. The fourth-order valence-electron chi connectivity index (χ4n) is 2.87. The van der Waals surface area contributed by atoms with Crippen molar-refractivity contribution in [2.45, 2.75) is 46.0 Å². The number of ether oxygens (including phenoxy) is 1. The van der Waals surface area contributed by atoms with Gasteiger partial charge in [-0.2, -0.15) is 0 Å². The van der Waals surface area contributed by atoms with E-state index in [4.69, 9.17) is 9.16 Å². The molecule has 2 atom stereocenters. The Morgan fingerprint density at radius 2 is 2.13 bits per heavy atom. The summed E-state index contributed by atoms with van der Waals surface area (Å²) >= 11 is 0. The number of nitrogens with zero attached hydrogens (tertiary/aromatic N) is 1. The molecule has 6 heteroatoms. The van der Waals surface area contributed by atoms with E-state index in [1.165, 1.54) is 12.2 Å². The molecule has 1 aliphatic heterocycles. The monoisotopic (exact) mass is 343 g/mol. The van der Waals surface area contributed by atoms with Crippen LogP contribution in [0.15, 0.2) is 24.8 Å². The number of hydrogen-bond donors (Lipinski definition) is 0. The number of carbonyl (C=O) groups is 1. The van der Waals surface area contributed by atoms with Gasteiger partial charge < -0.3 is 9.16 Å². The highest BCUT2D eigenvalue weighted by Crippen LogP contribution is 2.44. The van der Waals surface area contributed by atoms with Crippen molar-refractivity contribution in [3.05, 3.63) is 24.8 Å². The van der Waals surface area contributed by atoms with Crippen molar-refractivity contribution in [3.63, 3.8) is 0 Å². The SMILES string of the molecule is C=CCOC(=O)N1C[C@@H](C(C)(C)C)C[C@@]1(/C=C/CF)O[SiH](C)C. The molecule has 0 saturated carbocycles. The number of hydrogen-bond acceptors (Lipinski definition) is 3. The average Bonchev–Trinajstić information content (AvgIpc) is 2.81. The van der Waals surface area contributed by atoms with Gasteiger partial charge in [0.15, 0.2) is 14.8 Å². The number of halogens is 1. The highest BCUT2D eigenvalue weighted by molar-refractivity contribution is 6.48. The van der Waals surface area contributed by atoms with Gasteiger partial charge in [-0.1, -0.05) is 39.5 Å². The third-order valence-electron chi connectivity index (χ3n) is 4.08. The van der Waals surface area contributed by atoms with Crippen molar-refractivity contribution < 1.29 is 18.3 Å². The Bertz CT molecular complexity index is 448. The second kappa shape index (κ2) is 8.10. The van der Waals surface area contributed by atoms with Crippen LogP contribution in [-0.4, -0.2) is 45.6 Å². The third kappa shape index (κ3) is 5.17. The Labute approximate surface area is 141 Å². The summed E-state index contributed by atoms with van der Waals surface area (Å²) in [5, 5.41) is 0. The maximum Gasteiger partial charge on any atom is 0.412 e. The van der Waals surface area contributed by atoms with Crippen molar-refractivity contribution in [1.29, 1.82) is 0 Å². The number of carbonyl (C=O) groups excluding carboxylic acids is 1. The molecule has 1 aliphatic rings. The van der Waals surface area contributed by atoms with E-state index in [1.54, 1.807) is 11.0 Å². The van der Waals surface area contributed by atoms with Crippen LogP contribution in [0, 0.1) is 11.3 Å². The lowest BCUT2D eigenvalue weighted by Crippen LogP contribution is -2.50. The molecule has 0 aliphatic carbocycles. The van der Waals surface area contributed by atoms with E-state index in [2.05, 4.69) is 27.4 Å². The van der Waals surface area contributed by atoms with Gasteiger partial charge >= 0.3 is 6.09 Å². The summed E-state index contributed by atoms with van der Waals surface area (Å²) in [4.78, 5) is 14.1. The smallest absolute Gasteiger partial charge is 0.412 e. The molecule has 23 heavy (non-hydrogen) atoms. The Hall–Kier alpha value is -1.14. The van der Waals surface area contributed by atoms with E-state index < -0.39 is 27.5 Å². The molecule has 0 unspecified atom stereocenters. The first-order valence-electron chi connectivity index (χ1n) is 8.13. The highest BCUT2D eigenvalue weighted by Gasteiger charge is 2.51. The van der Waals surface area contributed by atoms with Crippen molar-refractivity contribution in [1.82, 2.24) is 4.90 Å². The zero-order chi connectivity index (χ0) is 17.7. The van der Waals surface area contributed by atoms with E-state index in [-0.39, 0.29) is 17.9 Å². The molecular formula is C17H30FNO3Si. The maximum absolute atomic E-state index is 12.7. The van der Waals surface area contributed by atoms with Gasteiger partial charge in [0.2, 0.25) is 0 Å². The van der Waals surface area contributed by atoms with Crippen LogP contribution in [0.1, 0.15) is 27.2 Å². The summed E-state index contributed by atoms with van der Waals surface area (Å²) in [5.41, 5.74) is -0.882. The van der Waals surface area contributed by atoms with Crippen LogP contribution in [0.5, 0.6) is 0 Å². The Morgan fingerprint density at radius 3 is 2.61 bits per heavy atom. The van der Waals surface area contributed by atoms with Gasteiger partial charge in [-0.15, -0.1) is 0 Å². The first-order chi connectivity index (χ1) is 10.7. The first-order valence-corrected chi connectivity index (χ1v) is 10.9. The molecule has 1 amide bonds. The van der Waals surface area contributed by atoms with E-state index in [9.17, 15) is 9.18 Å². The number of allylic oxidation sites excluding steroid dienone is 1. The molecule has 0 aromatic rings. The summed E-state index contributed by atoms with van der Waals surface area (Å²) in [7, 11) is -1.46. The topological polar surface area (TPSA) is 38.8 Å². The van der Waals surface area contributed by atoms with Crippen molar-refractivity contribution in [2.24, 2.45) is 11.3 Å². The van der Waals surface area contributed by atoms with Crippen LogP contribution in [0.25, 0.3) is 0 Å². The maximum atomic E-state index is 12.7. The summed E-state index contributed by atoms with van der Waals surface area (Å²) < 4.78 is 24.2. The van der Waals surface area contributed by atoms with E-state index in [0.717, 1.165) is 0 Å². The molecule has 4 nitrogen and oxygen atoms in total. The standard InChI is InChI=1S/C17H30FNO3Si/c1-7-11-21-15(20)19-13-14(16(2,3)4)12-17(19,9-8-10-18)22-23(5)6/h7-9,14,23H,1,10-13H2,2-6H3/b9-8+/t14-,17+/m0/s1. The van der Waals surface area contributed by atoms with Gasteiger partial charge in [0.25, 0.3) is 0 Å². The Morgan fingerprint density at radius 1 is 1.48 bits per heavy atom. The largest absolute Gasteiger partial charge is 0.445 e. The van der Waals surface area contributed by atoms with Gasteiger partial charge in [0, 0.05) is 13.0 Å². The number of amides is 1. The van der Waals surface area contributed by atoms with E-state index in [1.807, 2.05) is 13.1 Å². The van der Waals surface area contributed by atoms with Crippen LogP contribution in [-0.2, 0) is 9.16 Å². The number of likely N-dealkylation sites (tertiary alicyclic amines) is 1. The van der Waals surface area contributed by atoms with Gasteiger partial charge in [-0.25, -0.2) is 9.18 Å². The molecule has 0 N–H and O–H groups in total. The molecule has 132 valence electrons. The molecule has 1 rings (SSSR count). The molecule has 0 spiro atoms. The first kappa shape index (κ1) is 19.9. The fraction of sp³-hybridized carbons (Fsp3) is 0.706. The molecule has 1 heterocycles. The lowest BCUT2D eigenvalue weighted by Gasteiger charge is -2.37. The Balaban J connectivity index is 3.18. The van der Waals surface area contributed by atoms with E-state index in [0.29, 0.717) is 13.0 Å². The predicted molar refractivity (Wildman–Crippen MR) is 93.6 cm³/mol. The van der Waals surface area contributed by atoms with Crippen molar-refractivity contribution in [2.75, 3.05) is 19.8 Å².